The second-order valence-corrected chi connectivity index (χ2v) is 10.6. The van der Waals surface area contributed by atoms with E-state index < -0.39 is 0 Å². The molecule has 200 valence electrons. The number of hydrogen-bond donors (Lipinski definition) is 0. The monoisotopic (exact) mass is 638 g/mol. The SMILES string of the molecule is Clc1ccc(Oc2ccc(Cl)cc2C=CCOCC=Cc2cc(Cl)ccc2Oc2ccc(Cl)cc2Cl)c(Cl)c1. The predicted molar refractivity (Wildman–Crippen MR) is 165 cm³/mol. The predicted octanol–water partition coefficient (Wildman–Crippen LogP) is 11.9. The lowest BCUT2D eigenvalue weighted by atomic mass is 10.2. The van der Waals surface area contributed by atoms with Crippen LogP contribution < -0.4 is 9.47 Å². The third-order valence-electron chi connectivity index (χ3n) is 5.19. The van der Waals surface area contributed by atoms with Crippen molar-refractivity contribution in [1.82, 2.24) is 0 Å². The van der Waals surface area contributed by atoms with Gasteiger partial charge in [-0.25, -0.2) is 0 Å². The first-order valence-corrected chi connectivity index (χ1v) is 13.8. The lowest BCUT2D eigenvalue weighted by Gasteiger charge is -2.11. The molecular weight excluding hydrogens is 621 g/mol. The van der Waals surface area contributed by atoms with E-state index in [9.17, 15) is 0 Å². The van der Waals surface area contributed by atoms with E-state index in [0.29, 0.717) is 66.3 Å². The molecule has 4 aromatic rings. The Kier molecular flexibility index (Phi) is 10.9. The van der Waals surface area contributed by atoms with Crippen LogP contribution in [-0.4, -0.2) is 13.2 Å². The van der Waals surface area contributed by atoms with Gasteiger partial charge in [0, 0.05) is 31.2 Å². The number of ether oxygens (including phenoxy) is 3. The molecule has 3 nitrogen and oxygen atoms in total. The molecule has 0 saturated carbocycles. The summed E-state index contributed by atoms with van der Waals surface area (Å²) in [6.45, 7) is 0.717. The van der Waals surface area contributed by atoms with E-state index in [4.69, 9.17) is 83.8 Å². The molecule has 0 atom stereocenters. The zero-order valence-electron chi connectivity index (χ0n) is 20.1. The zero-order valence-corrected chi connectivity index (χ0v) is 24.7. The number of rotatable bonds is 10. The van der Waals surface area contributed by atoms with Crippen molar-refractivity contribution in [3.8, 4) is 23.0 Å². The molecule has 0 aliphatic carbocycles. The molecule has 0 unspecified atom stereocenters. The van der Waals surface area contributed by atoms with Crippen molar-refractivity contribution in [2.45, 2.75) is 0 Å². The molecule has 0 aliphatic rings. The first kappa shape index (κ1) is 29.6. The van der Waals surface area contributed by atoms with E-state index in [1.54, 1.807) is 72.8 Å². The normalized spacial score (nSPS) is 11.4. The summed E-state index contributed by atoms with van der Waals surface area (Å²) in [4.78, 5) is 0. The summed E-state index contributed by atoms with van der Waals surface area (Å²) < 4.78 is 17.7. The van der Waals surface area contributed by atoms with Gasteiger partial charge in [0.15, 0.2) is 0 Å². The second kappa shape index (κ2) is 14.3. The lowest BCUT2D eigenvalue weighted by Crippen LogP contribution is -1.92. The quantitative estimate of drug-likeness (QED) is 0.161. The zero-order chi connectivity index (χ0) is 27.8. The summed E-state index contributed by atoms with van der Waals surface area (Å²) in [5.74, 6) is 2.16. The highest BCUT2D eigenvalue weighted by molar-refractivity contribution is 6.36. The summed E-state index contributed by atoms with van der Waals surface area (Å²) in [6, 6.07) is 20.7. The molecule has 0 saturated heterocycles. The van der Waals surface area contributed by atoms with E-state index >= 15 is 0 Å². The van der Waals surface area contributed by atoms with Gasteiger partial charge in [-0.2, -0.15) is 0 Å². The average Bonchev–Trinajstić information content (AvgIpc) is 2.89. The van der Waals surface area contributed by atoms with Crippen molar-refractivity contribution < 1.29 is 14.2 Å². The van der Waals surface area contributed by atoms with Gasteiger partial charge in [0.05, 0.1) is 23.3 Å². The van der Waals surface area contributed by atoms with Gasteiger partial charge in [-0.1, -0.05) is 93.9 Å². The third kappa shape index (κ3) is 8.83. The van der Waals surface area contributed by atoms with Gasteiger partial charge >= 0.3 is 0 Å². The van der Waals surface area contributed by atoms with Crippen molar-refractivity contribution in [1.29, 1.82) is 0 Å². The van der Waals surface area contributed by atoms with Crippen LogP contribution in [0.15, 0.2) is 84.9 Å². The number of halogens is 6. The summed E-state index contributed by atoms with van der Waals surface area (Å²) in [5, 5.41) is 3.03. The number of benzene rings is 4. The van der Waals surface area contributed by atoms with E-state index in [2.05, 4.69) is 0 Å². The minimum atomic E-state index is 0.358. The fourth-order valence-electron chi connectivity index (χ4n) is 3.39. The molecule has 0 heterocycles. The molecule has 4 aromatic carbocycles. The van der Waals surface area contributed by atoms with E-state index in [0.717, 1.165) is 11.1 Å². The molecule has 0 fully saturated rings. The van der Waals surface area contributed by atoms with Crippen molar-refractivity contribution in [2.24, 2.45) is 0 Å². The topological polar surface area (TPSA) is 27.7 Å². The van der Waals surface area contributed by atoms with Crippen LogP contribution in [0.3, 0.4) is 0 Å². The highest BCUT2D eigenvalue weighted by atomic mass is 35.5. The Morgan fingerprint density at radius 3 is 1.21 bits per heavy atom. The molecule has 4 rings (SSSR count). The van der Waals surface area contributed by atoms with Crippen molar-refractivity contribution >= 4 is 81.8 Å². The first-order chi connectivity index (χ1) is 18.8. The van der Waals surface area contributed by atoms with Crippen molar-refractivity contribution in [3.63, 3.8) is 0 Å². The van der Waals surface area contributed by atoms with Crippen LogP contribution in [-0.2, 0) is 4.74 Å². The Balaban J connectivity index is 1.36. The molecule has 0 N–H and O–H groups in total. The van der Waals surface area contributed by atoms with Crippen molar-refractivity contribution in [3.05, 3.63) is 126 Å². The Hall–Kier alpha value is -2.34. The molecule has 0 radical (unpaired) electrons. The molecule has 9 heteroatoms. The summed E-state index contributed by atoms with van der Waals surface area (Å²) in [7, 11) is 0. The Bertz CT molecular complexity index is 1400. The third-order valence-corrected chi connectivity index (χ3v) is 6.73. The summed E-state index contributed by atoms with van der Waals surface area (Å²) >= 11 is 36.8. The molecule has 0 aliphatic heterocycles. The fraction of sp³-hybridized carbons (Fsp3) is 0.0667. The van der Waals surface area contributed by atoms with Crippen LogP contribution in [0.2, 0.25) is 30.1 Å². The Morgan fingerprint density at radius 2 is 0.821 bits per heavy atom. The van der Waals surface area contributed by atoms with Crippen LogP contribution in [0.25, 0.3) is 12.2 Å². The van der Waals surface area contributed by atoms with E-state index in [1.165, 1.54) is 0 Å². The fourth-order valence-corrected chi connectivity index (χ4v) is 4.65. The van der Waals surface area contributed by atoms with Gasteiger partial charge in [0.25, 0.3) is 0 Å². The van der Waals surface area contributed by atoms with E-state index in [1.807, 2.05) is 24.3 Å². The maximum atomic E-state index is 6.25. The summed E-state index contributed by atoms with van der Waals surface area (Å²) in [5.41, 5.74) is 1.54. The largest absolute Gasteiger partial charge is 0.455 e. The lowest BCUT2D eigenvalue weighted by molar-refractivity contribution is 0.195. The Morgan fingerprint density at radius 1 is 0.462 bits per heavy atom. The average molecular weight is 641 g/mol. The second-order valence-electron chi connectivity index (χ2n) is 8.06. The number of hydrogen-bond acceptors (Lipinski definition) is 3. The van der Waals surface area contributed by atoms with E-state index in [-0.39, 0.29) is 0 Å². The molecule has 0 bridgehead atoms. The van der Waals surface area contributed by atoms with Crippen LogP contribution in [0.4, 0.5) is 0 Å². The van der Waals surface area contributed by atoms with Crippen LogP contribution >= 0.6 is 69.6 Å². The molecule has 0 amide bonds. The molecular formula is C30H20Cl6O3. The van der Waals surface area contributed by atoms with Gasteiger partial charge in [-0.3, -0.25) is 0 Å². The maximum Gasteiger partial charge on any atom is 0.146 e. The van der Waals surface area contributed by atoms with Crippen LogP contribution in [0.5, 0.6) is 23.0 Å². The van der Waals surface area contributed by atoms with Gasteiger partial charge in [-0.05, 0) is 72.8 Å². The van der Waals surface area contributed by atoms with Gasteiger partial charge < -0.3 is 14.2 Å². The standard InChI is InChI=1S/C30H20Cl6O3/c31-21-5-9-27(38-29-11-7-23(33)17-25(29)35)19(15-21)3-1-13-37-14-2-4-20-16-22(32)6-10-28(20)39-30-12-8-24(34)18-26(30)36/h1-12,15-18H,13-14H2. The first-order valence-electron chi connectivity index (χ1n) is 11.5. The minimum Gasteiger partial charge on any atom is -0.455 e. The smallest absolute Gasteiger partial charge is 0.146 e. The maximum absolute atomic E-state index is 6.25. The van der Waals surface area contributed by atoms with Crippen molar-refractivity contribution in [2.75, 3.05) is 13.2 Å². The minimum absolute atomic E-state index is 0.358. The Labute approximate surface area is 257 Å². The van der Waals surface area contributed by atoms with Crippen LogP contribution in [0.1, 0.15) is 11.1 Å². The molecule has 39 heavy (non-hydrogen) atoms. The summed E-state index contributed by atoms with van der Waals surface area (Å²) in [6.07, 6.45) is 7.47. The highest BCUT2D eigenvalue weighted by Gasteiger charge is 2.09. The van der Waals surface area contributed by atoms with Gasteiger partial charge in [-0.15, -0.1) is 0 Å². The van der Waals surface area contributed by atoms with Gasteiger partial charge in [0.2, 0.25) is 0 Å². The van der Waals surface area contributed by atoms with Crippen LogP contribution in [0, 0.1) is 0 Å². The highest BCUT2D eigenvalue weighted by Crippen LogP contribution is 2.36. The van der Waals surface area contributed by atoms with Gasteiger partial charge in [0.1, 0.15) is 23.0 Å². The molecule has 0 spiro atoms. The molecule has 0 aromatic heterocycles.